The first kappa shape index (κ1) is 23.3. The van der Waals surface area contributed by atoms with Gasteiger partial charge in [-0.05, 0) is 66.6 Å². The van der Waals surface area contributed by atoms with Crippen LogP contribution in [0.25, 0.3) is 22.0 Å². The number of nitrogens with zero attached hydrogens (tertiary/aromatic N) is 3. The molecule has 1 aliphatic heterocycles. The lowest BCUT2D eigenvalue weighted by Crippen LogP contribution is -2.48. The van der Waals surface area contributed by atoms with E-state index in [-0.39, 0.29) is 32.1 Å². The Kier molecular flexibility index (Phi) is 7.32. The fourth-order valence-electron chi connectivity index (χ4n) is 5.25. The summed E-state index contributed by atoms with van der Waals surface area (Å²) in [4.78, 5) is 29.2. The van der Waals surface area contributed by atoms with Gasteiger partial charge in [-0.1, -0.05) is 60.1 Å². The molecule has 0 bridgehead atoms. The maximum Gasteiger partial charge on any atom is 0.416 e. The van der Waals surface area contributed by atoms with Gasteiger partial charge in [0.2, 0.25) is 5.91 Å². The van der Waals surface area contributed by atoms with Crippen molar-refractivity contribution in [2.75, 3.05) is 33.2 Å². The van der Waals surface area contributed by atoms with E-state index < -0.39 is 139 Å². The van der Waals surface area contributed by atoms with E-state index in [1.165, 1.54) is 43.3 Å². The topological polar surface area (TPSA) is 54.8 Å². The van der Waals surface area contributed by atoms with Crippen molar-refractivity contribution in [3.8, 4) is 11.1 Å². The van der Waals surface area contributed by atoms with Crippen molar-refractivity contribution in [3.63, 3.8) is 0 Å². The van der Waals surface area contributed by atoms with Gasteiger partial charge in [0, 0.05) is 72.9 Å². The molecule has 1 fully saturated rings. The second-order valence-electron chi connectivity index (χ2n) is 11.6. The molecule has 0 atom stereocenters. The van der Waals surface area contributed by atoms with Gasteiger partial charge in [-0.25, -0.2) is 8.78 Å². The van der Waals surface area contributed by atoms with Crippen LogP contribution < -0.4 is 5.43 Å². The maximum absolute atomic E-state index is 15.3. The van der Waals surface area contributed by atoms with E-state index in [0.717, 1.165) is 42.0 Å². The van der Waals surface area contributed by atoms with E-state index in [2.05, 4.69) is 0 Å². The Hall–Kier alpha value is -4.52. The number of hydrogen-bond donors (Lipinski definition) is 0. The number of alkyl halides is 3. The van der Waals surface area contributed by atoms with Crippen LogP contribution >= 0.6 is 11.8 Å². The fraction of sp³-hybridized carbons (Fsp3) is 0.317. The molecule has 1 saturated heterocycles. The Bertz CT molecular complexity index is 2820. The number of halogens is 5. The number of likely N-dealkylation sites (tertiary alicyclic amines) is 1. The predicted molar refractivity (Wildman–Crippen MR) is 198 cm³/mol. The van der Waals surface area contributed by atoms with E-state index in [1.54, 1.807) is 0 Å². The lowest BCUT2D eigenvalue weighted by molar-refractivity contribution is -0.137. The highest BCUT2D eigenvalue weighted by Crippen LogP contribution is 2.32. The first-order valence-electron chi connectivity index (χ1n) is 23.3. The molecule has 0 aliphatic carbocycles. The summed E-state index contributed by atoms with van der Waals surface area (Å²) in [5.74, 6) is -4.71. The van der Waals surface area contributed by atoms with Crippen LogP contribution in [0.3, 0.4) is 0 Å². The van der Waals surface area contributed by atoms with Gasteiger partial charge < -0.3 is 19.1 Å². The summed E-state index contributed by atoms with van der Waals surface area (Å²) in [6.45, 7) is -13.3. The summed E-state index contributed by atoms with van der Waals surface area (Å²) >= 11 is 0.465. The highest BCUT2D eigenvalue weighted by molar-refractivity contribution is 7.98. The number of thioether (sulfide) groups is 1. The molecule has 0 saturated carbocycles. The lowest BCUT2D eigenvalue weighted by Gasteiger charge is -2.39. The standard InChI is InChI=1S/C41H40F5N3O3S/c1-27-6-15-36-34(22-27)37(50)23-39(53-26-31-4-3-5-35(42)40(31)43)49(36)25-38(51)48(33-16-18-47(19-17-33)20-21-52-2)24-28-7-9-29(10-8-28)30-11-13-32(14-12-30)41(44,45)46/h3-15,22-23,33H,16-21,24-26H2,1-2H3/i6D,15D,16D2,17D2,18D2,19D2,21D2,22D,23D,33D. The molecule has 2 heterocycles. The third-order valence-corrected chi connectivity index (χ3v) is 9.02. The quantitative estimate of drug-likeness (QED) is 0.0941. The molecule has 6 nitrogen and oxygen atoms in total. The van der Waals surface area contributed by atoms with Crippen LogP contribution in [0.5, 0.6) is 0 Å². The number of amides is 1. The zero-order chi connectivity index (χ0) is 51.1. The summed E-state index contributed by atoms with van der Waals surface area (Å²) in [5.41, 5.74) is -2.78. The third kappa shape index (κ3) is 9.17. The molecule has 1 aromatic heterocycles. The first-order chi connectivity index (χ1) is 31.2. The zero-order valence-corrected chi connectivity index (χ0v) is 28.9. The van der Waals surface area contributed by atoms with Crippen molar-refractivity contribution in [1.29, 1.82) is 0 Å². The minimum atomic E-state index is -4.64. The number of hydrogen-bond acceptors (Lipinski definition) is 5. The van der Waals surface area contributed by atoms with Crippen molar-refractivity contribution in [2.45, 2.75) is 55.7 Å². The Labute approximate surface area is 330 Å². The van der Waals surface area contributed by atoms with Crippen molar-refractivity contribution in [3.05, 3.63) is 135 Å². The number of piperidine rings is 1. The highest BCUT2D eigenvalue weighted by atomic mass is 32.2. The SMILES string of the molecule is [2H]c1c(C)c([2H])c2c(=O)c([2H])c(SCc3cccc(F)c3F)n(CC(=O)N(Cc3ccc(-c4ccc(C(F)(F)F)cc4)cc3)C3([2H])C([2H])([2H])C([2H])([2H])N(CC([2H])([2H])OC)C([2H])([2H])C3([2H])[2H])c2c1[2H]. The van der Waals surface area contributed by atoms with Crippen molar-refractivity contribution < 1.29 is 52.0 Å². The summed E-state index contributed by atoms with van der Waals surface area (Å²) in [5, 5.41) is -1.23. The molecule has 6 rings (SSSR count). The monoisotopic (exact) mass is 764 g/mol. The minimum absolute atomic E-state index is 0.0766. The number of rotatable bonds is 12. The normalized spacial score (nSPS) is 23.0. The van der Waals surface area contributed by atoms with E-state index >= 15 is 4.79 Å². The average molecular weight is 765 g/mol. The molecular weight excluding hydrogens is 710 g/mol. The number of methoxy groups -OCH3 is 1. The number of ether oxygens (including phenoxy) is 1. The van der Waals surface area contributed by atoms with E-state index in [1.807, 2.05) is 0 Å². The molecule has 0 unspecified atom stereocenters. The van der Waals surface area contributed by atoms with Crippen LogP contribution in [0.2, 0.25) is 0 Å². The molecule has 4 aromatic carbocycles. The van der Waals surface area contributed by atoms with Gasteiger partial charge in [0.25, 0.3) is 0 Å². The largest absolute Gasteiger partial charge is 0.416 e. The average Bonchev–Trinajstić information content (AvgIpc) is 3.27. The van der Waals surface area contributed by atoms with Gasteiger partial charge >= 0.3 is 6.18 Å². The molecule has 12 heteroatoms. The molecule has 5 aromatic rings. The Balaban J connectivity index is 1.59. The Morgan fingerprint density at radius 3 is 2.38 bits per heavy atom. The Morgan fingerprint density at radius 1 is 1.04 bits per heavy atom. The van der Waals surface area contributed by atoms with Crippen LogP contribution in [0.4, 0.5) is 22.0 Å². The minimum Gasteiger partial charge on any atom is -0.383 e. The van der Waals surface area contributed by atoms with Crippen LogP contribution in [0.1, 0.15) is 55.6 Å². The summed E-state index contributed by atoms with van der Waals surface area (Å²) in [7, 11) is 0.831. The van der Waals surface area contributed by atoms with Crippen molar-refractivity contribution >= 4 is 28.6 Å². The summed E-state index contributed by atoms with van der Waals surface area (Å²) < 4.78 is 208. The molecule has 0 radical (unpaired) electrons. The predicted octanol–water partition coefficient (Wildman–Crippen LogP) is 8.71. The van der Waals surface area contributed by atoms with Gasteiger partial charge in [-0.15, -0.1) is 11.8 Å². The van der Waals surface area contributed by atoms with Crippen LogP contribution in [-0.4, -0.2) is 59.5 Å². The van der Waals surface area contributed by atoms with Gasteiger partial charge in [0.15, 0.2) is 17.1 Å². The number of benzene rings is 4. The molecule has 1 aliphatic rings. The number of pyridine rings is 1. The molecule has 278 valence electrons. The lowest BCUT2D eigenvalue weighted by atomic mass is 10.00. The van der Waals surface area contributed by atoms with Gasteiger partial charge in [0.1, 0.15) is 6.54 Å². The second kappa shape index (κ2) is 16.7. The molecule has 53 heavy (non-hydrogen) atoms. The van der Waals surface area contributed by atoms with E-state index in [0.29, 0.717) is 17.3 Å². The summed E-state index contributed by atoms with van der Waals surface area (Å²) in [6.07, 6.45) is -12.8. The van der Waals surface area contributed by atoms with Crippen LogP contribution in [0, 0.1) is 18.6 Å². The van der Waals surface area contributed by atoms with Crippen LogP contribution in [-0.2, 0) is 34.6 Å². The Morgan fingerprint density at radius 2 is 1.72 bits per heavy atom. The number of carbonyl (C=O) groups excluding carboxylic acids is 1. The molecule has 1 amide bonds. The van der Waals surface area contributed by atoms with Crippen molar-refractivity contribution in [2.24, 2.45) is 0 Å². The van der Waals surface area contributed by atoms with Gasteiger partial charge in [0.05, 0.1) is 32.3 Å². The van der Waals surface area contributed by atoms with Gasteiger partial charge in [-0.3, -0.25) is 9.59 Å². The highest BCUT2D eigenvalue weighted by Gasteiger charge is 2.31. The molecular formula is C41H40F5N3O3S. The third-order valence-electron chi connectivity index (χ3n) is 7.97. The second-order valence-corrected chi connectivity index (χ2v) is 12.5. The van der Waals surface area contributed by atoms with Crippen molar-refractivity contribution in [1.82, 2.24) is 14.4 Å². The number of aromatic nitrogens is 1. The smallest absolute Gasteiger partial charge is 0.383 e. The molecule has 0 N–H and O–H groups in total. The van der Waals surface area contributed by atoms with E-state index in [4.69, 9.17) is 18.4 Å². The van der Waals surface area contributed by atoms with E-state index in [9.17, 15) is 33.6 Å². The molecule has 0 spiro atoms. The van der Waals surface area contributed by atoms with Crippen LogP contribution in [0.15, 0.2) is 101 Å². The first-order valence-corrected chi connectivity index (χ1v) is 16.8. The number of fused-ring (bicyclic) bond motifs is 1. The zero-order valence-electron chi connectivity index (χ0n) is 43.0. The van der Waals surface area contributed by atoms with Gasteiger partial charge in [-0.2, -0.15) is 13.2 Å². The summed E-state index contributed by atoms with van der Waals surface area (Å²) in [6, 6.07) is 5.25. The fourth-order valence-corrected chi connectivity index (χ4v) is 6.24. The number of carbonyl (C=O) groups is 1. The maximum atomic E-state index is 15.3.